The third-order valence-corrected chi connectivity index (χ3v) is 5.72. The van der Waals surface area contributed by atoms with Gasteiger partial charge in [-0.15, -0.1) is 0 Å². The van der Waals surface area contributed by atoms with Crippen molar-refractivity contribution in [3.05, 3.63) is 54.1 Å². The maximum absolute atomic E-state index is 13.1. The van der Waals surface area contributed by atoms with E-state index < -0.39 is 11.8 Å². The van der Waals surface area contributed by atoms with Gasteiger partial charge in [0.25, 0.3) is 5.91 Å². The molecule has 1 saturated carbocycles. The van der Waals surface area contributed by atoms with Gasteiger partial charge in [-0.05, 0) is 31.0 Å². The van der Waals surface area contributed by atoms with E-state index in [2.05, 4.69) is 10.5 Å². The average Bonchev–Trinajstić information content (AvgIpc) is 3.53. The van der Waals surface area contributed by atoms with Crippen molar-refractivity contribution in [2.75, 3.05) is 26.2 Å². The highest BCUT2D eigenvalue weighted by atomic mass is 16.5. The number of carbonyl (C=O) groups excluding carboxylic acids is 3. The molecule has 1 saturated heterocycles. The highest BCUT2D eigenvalue weighted by Gasteiger charge is 2.31. The highest BCUT2D eigenvalue weighted by Crippen LogP contribution is 2.29. The number of nitrogens with zero attached hydrogens (tertiary/aromatic N) is 3. The second-order valence-electron chi connectivity index (χ2n) is 7.94. The number of benzene rings is 2. The summed E-state index contributed by atoms with van der Waals surface area (Å²) in [6, 6.07) is 15.1. The van der Waals surface area contributed by atoms with Crippen LogP contribution in [-0.4, -0.2) is 64.9 Å². The van der Waals surface area contributed by atoms with E-state index in [1.807, 2.05) is 30.3 Å². The number of amides is 3. The summed E-state index contributed by atoms with van der Waals surface area (Å²) in [5, 5.41) is 7.60. The number of nitrogens with one attached hydrogen (secondary N) is 1. The Bertz CT molecular complexity index is 1140. The van der Waals surface area contributed by atoms with Gasteiger partial charge in [-0.3, -0.25) is 14.4 Å². The molecule has 2 aromatic carbocycles. The second kappa shape index (κ2) is 7.86. The van der Waals surface area contributed by atoms with Crippen LogP contribution in [0.2, 0.25) is 0 Å². The molecule has 1 aliphatic heterocycles. The topological polar surface area (TPSA) is 95.8 Å². The van der Waals surface area contributed by atoms with Crippen LogP contribution in [0.3, 0.4) is 0 Å². The molecular formula is C23H22N4O4. The van der Waals surface area contributed by atoms with E-state index in [4.69, 9.17) is 4.52 Å². The molecule has 1 aliphatic carbocycles. The van der Waals surface area contributed by atoms with E-state index in [1.165, 1.54) is 4.90 Å². The van der Waals surface area contributed by atoms with E-state index in [1.54, 1.807) is 23.1 Å². The van der Waals surface area contributed by atoms with Crippen LogP contribution in [0.25, 0.3) is 22.2 Å². The van der Waals surface area contributed by atoms with Gasteiger partial charge in [0.15, 0.2) is 5.76 Å². The van der Waals surface area contributed by atoms with Gasteiger partial charge in [-0.2, -0.15) is 0 Å². The summed E-state index contributed by atoms with van der Waals surface area (Å²) in [6.45, 7) is 1.45. The van der Waals surface area contributed by atoms with Crippen LogP contribution in [0.15, 0.2) is 53.1 Å². The van der Waals surface area contributed by atoms with Crippen molar-refractivity contribution in [2.45, 2.75) is 18.9 Å². The van der Waals surface area contributed by atoms with E-state index in [9.17, 15) is 14.4 Å². The Kier molecular flexibility index (Phi) is 4.89. The lowest BCUT2D eigenvalue weighted by atomic mass is 10.1. The largest absolute Gasteiger partial charge is 0.355 e. The lowest BCUT2D eigenvalue weighted by molar-refractivity contribution is -0.146. The number of hydrogen-bond acceptors (Lipinski definition) is 5. The highest BCUT2D eigenvalue weighted by molar-refractivity contribution is 6.35. The number of piperazine rings is 1. The molecule has 2 heterocycles. The molecule has 1 N–H and O–H groups in total. The lowest BCUT2D eigenvalue weighted by Crippen LogP contribution is -2.54. The molecule has 0 spiro atoms. The SMILES string of the molecule is O=C(NC1CC1)C(=O)N1CCN(C(=O)c2ccc3noc(-c4ccccc4)c3c2)CC1. The van der Waals surface area contributed by atoms with Crippen molar-refractivity contribution in [1.82, 2.24) is 20.3 Å². The fraction of sp³-hybridized carbons (Fsp3) is 0.304. The summed E-state index contributed by atoms with van der Waals surface area (Å²) < 4.78 is 5.52. The minimum absolute atomic E-state index is 0.114. The first-order valence-corrected chi connectivity index (χ1v) is 10.4. The van der Waals surface area contributed by atoms with Gasteiger partial charge in [0.1, 0.15) is 5.52 Å². The lowest BCUT2D eigenvalue weighted by Gasteiger charge is -2.34. The van der Waals surface area contributed by atoms with Crippen molar-refractivity contribution in [3.63, 3.8) is 0 Å². The van der Waals surface area contributed by atoms with Crippen molar-refractivity contribution >= 4 is 28.6 Å². The molecule has 5 rings (SSSR count). The summed E-state index contributed by atoms with van der Waals surface area (Å²) in [7, 11) is 0. The maximum Gasteiger partial charge on any atom is 0.312 e. The summed E-state index contributed by atoms with van der Waals surface area (Å²) in [5.74, 6) is -0.551. The van der Waals surface area contributed by atoms with Crippen LogP contribution in [0.4, 0.5) is 0 Å². The fourth-order valence-corrected chi connectivity index (χ4v) is 3.79. The molecule has 1 aromatic heterocycles. The predicted octanol–water partition coefficient (Wildman–Crippen LogP) is 2.06. The first-order valence-electron chi connectivity index (χ1n) is 10.4. The maximum atomic E-state index is 13.1. The van der Waals surface area contributed by atoms with Crippen LogP contribution >= 0.6 is 0 Å². The Morgan fingerprint density at radius 1 is 0.935 bits per heavy atom. The van der Waals surface area contributed by atoms with Crippen molar-refractivity contribution in [2.24, 2.45) is 0 Å². The first-order chi connectivity index (χ1) is 15.1. The van der Waals surface area contributed by atoms with Gasteiger partial charge in [0, 0.05) is 43.3 Å². The van der Waals surface area contributed by atoms with Crippen LogP contribution in [0, 0.1) is 0 Å². The third kappa shape index (κ3) is 3.88. The predicted molar refractivity (Wildman–Crippen MR) is 113 cm³/mol. The average molecular weight is 418 g/mol. The number of rotatable bonds is 3. The molecular weight excluding hydrogens is 396 g/mol. The zero-order valence-electron chi connectivity index (χ0n) is 16.9. The molecule has 8 heteroatoms. The Labute approximate surface area is 178 Å². The van der Waals surface area contributed by atoms with Gasteiger partial charge < -0.3 is 19.6 Å². The minimum atomic E-state index is -0.548. The molecule has 8 nitrogen and oxygen atoms in total. The summed E-state index contributed by atoms with van der Waals surface area (Å²) in [6.07, 6.45) is 1.87. The summed E-state index contributed by atoms with van der Waals surface area (Å²) in [4.78, 5) is 40.6. The molecule has 0 radical (unpaired) electrons. The van der Waals surface area contributed by atoms with E-state index in [0.717, 1.165) is 23.8 Å². The number of carbonyl (C=O) groups is 3. The smallest absolute Gasteiger partial charge is 0.312 e. The Balaban J connectivity index is 1.28. The zero-order valence-corrected chi connectivity index (χ0v) is 16.9. The van der Waals surface area contributed by atoms with Gasteiger partial charge in [-0.25, -0.2) is 0 Å². The summed E-state index contributed by atoms with van der Waals surface area (Å²) in [5.41, 5.74) is 2.12. The summed E-state index contributed by atoms with van der Waals surface area (Å²) >= 11 is 0. The van der Waals surface area contributed by atoms with Crippen molar-refractivity contribution < 1.29 is 18.9 Å². The number of fused-ring (bicyclic) bond motifs is 1. The molecule has 2 fully saturated rings. The molecule has 31 heavy (non-hydrogen) atoms. The molecule has 0 atom stereocenters. The van der Waals surface area contributed by atoms with Crippen LogP contribution < -0.4 is 5.32 Å². The quantitative estimate of drug-likeness (QED) is 0.657. The Morgan fingerprint density at radius 2 is 1.65 bits per heavy atom. The molecule has 0 bridgehead atoms. The van der Waals surface area contributed by atoms with E-state index >= 15 is 0 Å². The number of hydrogen-bond donors (Lipinski definition) is 1. The van der Waals surface area contributed by atoms with Crippen molar-refractivity contribution in [3.8, 4) is 11.3 Å². The van der Waals surface area contributed by atoms with E-state index in [0.29, 0.717) is 43.0 Å². The second-order valence-corrected chi connectivity index (χ2v) is 7.94. The van der Waals surface area contributed by atoms with Gasteiger partial charge in [-0.1, -0.05) is 35.5 Å². The van der Waals surface area contributed by atoms with Gasteiger partial charge in [0.2, 0.25) is 0 Å². The normalized spacial score (nSPS) is 16.4. The molecule has 3 amide bonds. The van der Waals surface area contributed by atoms with E-state index in [-0.39, 0.29) is 11.9 Å². The van der Waals surface area contributed by atoms with Crippen molar-refractivity contribution in [1.29, 1.82) is 0 Å². The number of aromatic nitrogens is 1. The first kappa shape index (κ1) is 19.3. The molecule has 0 unspecified atom stereocenters. The minimum Gasteiger partial charge on any atom is -0.355 e. The molecule has 3 aromatic rings. The molecule has 158 valence electrons. The third-order valence-electron chi connectivity index (χ3n) is 5.72. The van der Waals surface area contributed by atoms with Gasteiger partial charge in [0.05, 0.1) is 5.39 Å². The Morgan fingerprint density at radius 3 is 2.35 bits per heavy atom. The monoisotopic (exact) mass is 418 g/mol. The fourth-order valence-electron chi connectivity index (χ4n) is 3.79. The Hall–Kier alpha value is -3.68. The van der Waals surface area contributed by atoms with Crippen LogP contribution in [-0.2, 0) is 9.59 Å². The standard InChI is InChI=1S/C23H22N4O4/c28-21(24-17-7-8-17)23(30)27-12-10-26(11-13-27)22(29)16-6-9-19-18(14-16)20(31-25-19)15-4-2-1-3-5-15/h1-6,9,14,17H,7-8,10-13H2,(H,24,28). The van der Waals surface area contributed by atoms with Crippen LogP contribution in [0.5, 0.6) is 0 Å². The molecule has 2 aliphatic rings. The zero-order chi connectivity index (χ0) is 21.4. The van der Waals surface area contributed by atoms with Crippen LogP contribution in [0.1, 0.15) is 23.2 Å². The van der Waals surface area contributed by atoms with Gasteiger partial charge >= 0.3 is 11.8 Å².